The Hall–Kier alpha value is -1.35. The summed E-state index contributed by atoms with van der Waals surface area (Å²) in [5.74, 6) is 1.35. The minimum atomic E-state index is 0.322. The lowest BCUT2D eigenvalue weighted by Gasteiger charge is -2.18. The smallest absolute Gasteiger partial charge is 0.143 e. The molecular formula is C14H20ClNO2. The van der Waals surface area contributed by atoms with Crippen LogP contribution in [-0.4, -0.2) is 20.3 Å². The first-order valence-electron chi connectivity index (χ1n) is 5.91. The van der Waals surface area contributed by atoms with Gasteiger partial charge in [-0.15, -0.1) is 6.58 Å². The number of nitrogens with one attached hydrogen (secondary N) is 1. The molecule has 4 heteroatoms. The standard InChI is InChI=1S/C14H20ClNO2/c1-5-6-7-10(2)16-12-9-13(17-3)11(15)8-14(12)18-4/h5,8-10,16H,1,6-7H2,2-4H3. The summed E-state index contributed by atoms with van der Waals surface area (Å²) in [5.41, 5.74) is 0.885. The van der Waals surface area contributed by atoms with Crippen LogP contribution in [0.2, 0.25) is 5.02 Å². The van der Waals surface area contributed by atoms with E-state index in [1.165, 1.54) is 0 Å². The number of allylic oxidation sites excluding steroid dienone is 1. The SMILES string of the molecule is C=CCCC(C)Nc1cc(OC)c(Cl)cc1OC. The molecule has 0 saturated carbocycles. The maximum atomic E-state index is 6.05. The Labute approximate surface area is 114 Å². The van der Waals surface area contributed by atoms with E-state index in [0.717, 1.165) is 18.5 Å². The summed E-state index contributed by atoms with van der Waals surface area (Å²) in [6.45, 7) is 5.84. The minimum absolute atomic E-state index is 0.322. The molecule has 0 aliphatic heterocycles. The molecule has 1 rings (SSSR count). The Balaban J connectivity index is 2.88. The molecule has 1 atom stereocenters. The van der Waals surface area contributed by atoms with Gasteiger partial charge in [-0.1, -0.05) is 17.7 Å². The Bertz CT molecular complexity index is 407. The molecule has 0 fully saturated rings. The van der Waals surface area contributed by atoms with Gasteiger partial charge in [-0.2, -0.15) is 0 Å². The van der Waals surface area contributed by atoms with Crippen molar-refractivity contribution in [3.63, 3.8) is 0 Å². The van der Waals surface area contributed by atoms with Gasteiger partial charge in [0, 0.05) is 18.2 Å². The van der Waals surface area contributed by atoms with Gasteiger partial charge >= 0.3 is 0 Å². The van der Waals surface area contributed by atoms with Gasteiger partial charge in [0.25, 0.3) is 0 Å². The monoisotopic (exact) mass is 269 g/mol. The molecule has 0 spiro atoms. The number of methoxy groups -OCH3 is 2. The van der Waals surface area contributed by atoms with Gasteiger partial charge in [0.1, 0.15) is 11.5 Å². The summed E-state index contributed by atoms with van der Waals surface area (Å²) in [5, 5.41) is 3.93. The summed E-state index contributed by atoms with van der Waals surface area (Å²) < 4.78 is 10.5. The highest BCUT2D eigenvalue weighted by atomic mass is 35.5. The maximum Gasteiger partial charge on any atom is 0.143 e. The van der Waals surface area contributed by atoms with Gasteiger partial charge in [-0.3, -0.25) is 0 Å². The third-order valence-corrected chi connectivity index (χ3v) is 2.97. The molecule has 18 heavy (non-hydrogen) atoms. The maximum absolute atomic E-state index is 6.05. The first kappa shape index (κ1) is 14.7. The molecule has 0 saturated heterocycles. The molecule has 1 aromatic rings. The second-order valence-electron chi connectivity index (χ2n) is 4.10. The second-order valence-corrected chi connectivity index (χ2v) is 4.51. The van der Waals surface area contributed by atoms with Crippen LogP contribution in [0.1, 0.15) is 19.8 Å². The fraction of sp³-hybridized carbons (Fsp3) is 0.429. The van der Waals surface area contributed by atoms with Crippen molar-refractivity contribution in [2.24, 2.45) is 0 Å². The Kier molecular flexibility index (Phi) is 5.86. The molecule has 0 radical (unpaired) electrons. The van der Waals surface area contributed by atoms with E-state index in [2.05, 4.69) is 18.8 Å². The predicted molar refractivity (Wildman–Crippen MR) is 77.1 cm³/mol. The molecule has 1 N–H and O–H groups in total. The van der Waals surface area contributed by atoms with E-state index in [0.29, 0.717) is 22.6 Å². The van der Waals surface area contributed by atoms with E-state index < -0.39 is 0 Å². The zero-order chi connectivity index (χ0) is 13.5. The Morgan fingerprint density at radius 3 is 2.56 bits per heavy atom. The Morgan fingerprint density at radius 2 is 2.00 bits per heavy atom. The zero-order valence-corrected chi connectivity index (χ0v) is 11.9. The molecule has 1 unspecified atom stereocenters. The van der Waals surface area contributed by atoms with Crippen molar-refractivity contribution >= 4 is 17.3 Å². The number of hydrogen-bond donors (Lipinski definition) is 1. The van der Waals surface area contributed by atoms with E-state index >= 15 is 0 Å². The number of benzene rings is 1. The second kappa shape index (κ2) is 7.17. The van der Waals surface area contributed by atoms with Gasteiger partial charge in [0.05, 0.1) is 24.9 Å². The zero-order valence-electron chi connectivity index (χ0n) is 11.1. The van der Waals surface area contributed by atoms with Crippen LogP contribution in [0.15, 0.2) is 24.8 Å². The minimum Gasteiger partial charge on any atom is -0.495 e. The van der Waals surface area contributed by atoms with Crippen LogP contribution in [0.3, 0.4) is 0 Å². The van der Waals surface area contributed by atoms with Crippen molar-refractivity contribution in [2.45, 2.75) is 25.8 Å². The quantitative estimate of drug-likeness (QED) is 0.755. The van der Waals surface area contributed by atoms with Gasteiger partial charge < -0.3 is 14.8 Å². The molecule has 0 bridgehead atoms. The first-order valence-corrected chi connectivity index (χ1v) is 6.29. The lowest BCUT2D eigenvalue weighted by Crippen LogP contribution is -2.15. The normalized spacial score (nSPS) is 11.8. The lowest BCUT2D eigenvalue weighted by molar-refractivity contribution is 0.404. The molecular weight excluding hydrogens is 250 g/mol. The van der Waals surface area contributed by atoms with Crippen LogP contribution in [0, 0.1) is 0 Å². The van der Waals surface area contributed by atoms with Crippen molar-refractivity contribution in [3.05, 3.63) is 29.8 Å². The van der Waals surface area contributed by atoms with E-state index in [4.69, 9.17) is 21.1 Å². The lowest BCUT2D eigenvalue weighted by atomic mass is 10.1. The van der Waals surface area contributed by atoms with E-state index in [1.807, 2.05) is 12.1 Å². The first-order chi connectivity index (χ1) is 8.62. The van der Waals surface area contributed by atoms with Crippen molar-refractivity contribution < 1.29 is 9.47 Å². The highest BCUT2D eigenvalue weighted by Gasteiger charge is 2.11. The van der Waals surface area contributed by atoms with E-state index in [1.54, 1.807) is 20.3 Å². The molecule has 3 nitrogen and oxygen atoms in total. The van der Waals surface area contributed by atoms with Crippen LogP contribution in [0.25, 0.3) is 0 Å². The van der Waals surface area contributed by atoms with Crippen LogP contribution in [0.4, 0.5) is 5.69 Å². The molecule has 0 aliphatic rings. The van der Waals surface area contributed by atoms with Gasteiger partial charge in [0.2, 0.25) is 0 Å². The predicted octanol–water partition coefficient (Wildman–Crippen LogP) is 4.12. The number of hydrogen-bond acceptors (Lipinski definition) is 3. The number of anilines is 1. The third kappa shape index (κ3) is 3.84. The summed E-state index contributed by atoms with van der Waals surface area (Å²) in [6, 6.07) is 3.93. The Morgan fingerprint density at radius 1 is 1.33 bits per heavy atom. The van der Waals surface area contributed by atoms with Crippen LogP contribution in [-0.2, 0) is 0 Å². The molecule has 0 aromatic heterocycles. The largest absolute Gasteiger partial charge is 0.495 e. The number of rotatable bonds is 7. The van der Waals surface area contributed by atoms with Crippen LogP contribution in [0.5, 0.6) is 11.5 Å². The summed E-state index contributed by atoms with van der Waals surface area (Å²) in [7, 11) is 3.22. The number of halogens is 1. The van der Waals surface area contributed by atoms with Crippen molar-refractivity contribution in [2.75, 3.05) is 19.5 Å². The third-order valence-electron chi connectivity index (χ3n) is 2.68. The van der Waals surface area contributed by atoms with Crippen molar-refractivity contribution in [1.29, 1.82) is 0 Å². The highest BCUT2D eigenvalue weighted by Crippen LogP contribution is 2.36. The van der Waals surface area contributed by atoms with E-state index in [-0.39, 0.29) is 0 Å². The van der Waals surface area contributed by atoms with Crippen molar-refractivity contribution in [3.8, 4) is 11.5 Å². The van der Waals surface area contributed by atoms with Crippen LogP contribution < -0.4 is 14.8 Å². The molecule has 0 aliphatic carbocycles. The number of ether oxygens (including phenoxy) is 2. The van der Waals surface area contributed by atoms with Gasteiger partial charge in [0.15, 0.2) is 0 Å². The average molecular weight is 270 g/mol. The van der Waals surface area contributed by atoms with Gasteiger partial charge in [-0.05, 0) is 19.8 Å². The topological polar surface area (TPSA) is 30.5 Å². The average Bonchev–Trinajstić information content (AvgIpc) is 2.37. The molecule has 1 aromatic carbocycles. The van der Waals surface area contributed by atoms with Crippen LogP contribution >= 0.6 is 11.6 Å². The summed E-state index contributed by atoms with van der Waals surface area (Å²) in [4.78, 5) is 0. The van der Waals surface area contributed by atoms with Crippen molar-refractivity contribution in [1.82, 2.24) is 0 Å². The highest BCUT2D eigenvalue weighted by molar-refractivity contribution is 6.32. The summed E-state index contributed by atoms with van der Waals surface area (Å²) in [6.07, 6.45) is 3.90. The fourth-order valence-electron chi connectivity index (χ4n) is 1.68. The van der Waals surface area contributed by atoms with Gasteiger partial charge in [-0.25, -0.2) is 0 Å². The van der Waals surface area contributed by atoms with E-state index in [9.17, 15) is 0 Å². The fourth-order valence-corrected chi connectivity index (χ4v) is 1.91. The molecule has 0 heterocycles. The molecule has 100 valence electrons. The summed E-state index contributed by atoms with van der Waals surface area (Å²) >= 11 is 6.05. The molecule has 0 amide bonds.